The molecule has 4 aromatic carbocycles. The van der Waals surface area contributed by atoms with Gasteiger partial charge in [-0.05, 0) is 70.9 Å². The van der Waals surface area contributed by atoms with Crippen LogP contribution in [0.2, 0.25) is 5.04 Å². The van der Waals surface area contributed by atoms with Crippen molar-refractivity contribution in [1.82, 2.24) is 0 Å². The van der Waals surface area contributed by atoms with E-state index in [1.807, 2.05) is 12.1 Å². The number of rotatable bonds is 15. The molecule has 0 unspecified atom stereocenters. The molecule has 4 heteroatoms. The Balaban J connectivity index is 1.61. The van der Waals surface area contributed by atoms with E-state index in [1.54, 1.807) is 7.11 Å². The van der Waals surface area contributed by atoms with E-state index < -0.39 is 13.9 Å². The average Bonchev–Trinajstić information content (AvgIpc) is 3.06. The maximum Gasteiger partial charge on any atom is 0.261 e. The first-order chi connectivity index (χ1) is 21.6. The highest BCUT2D eigenvalue weighted by molar-refractivity contribution is 6.99. The molecule has 4 aromatic rings. The molecular weight excluding hydrogens is 569 g/mol. The van der Waals surface area contributed by atoms with Crippen LogP contribution in [0.4, 0.5) is 0 Å². The van der Waals surface area contributed by atoms with Crippen molar-refractivity contribution < 1.29 is 13.9 Å². The summed E-state index contributed by atoms with van der Waals surface area (Å²) in [5.41, 5.74) is 4.12. The molecule has 0 aliphatic heterocycles. The molecule has 0 saturated heterocycles. The first-order valence-corrected chi connectivity index (χ1v) is 17.9. The molecular formula is C41H50O3Si. The Bertz CT molecular complexity index is 1470. The minimum atomic E-state index is -2.67. The minimum Gasteiger partial charge on any atom is -0.497 e. The van der Waals surface area contributed by atoms with Crippen molar-refractivity contribution in [3.63, 3.8) is 0 Å². The predicted octanol–water partition coefficient (Wildman–Crippen LogP) is 9.07. The van der Waals surface area contributed by atoms with Crippen LogP contribution in [-0.2, 0) is 22.2 Å². The topological polar surface area (TPSA) is 27.7 Å². The first kappa shape index (κ1) is 34.2. The zero-order valence-electron chi connectivity index (χ0n) is 28.0. The monoisotopic (exact) mass is 618 g/mol. The highest BCUT2D eigenvalue weighted by Gasteiger charge is 2.50. The molecule has 0 amide bonds. The Morgan fingerprint density at radius 3 is 1.78 bits per heavy atom. The lowest BCUT2D eigenvalue weighted by molar-refractivity contribution is -0.0291. The van der Waals surface area contributed by atoms with Crippen molar-refractivity contribution in [1.29, 1.82) is 0 Å². The lowest BCUT2D eigenvalue weighted by Gasteiger charge is -2.44. The number of hydrogen-bond acceptors (Lipinski definition) is 3. The standard InChI is InChI=1S/C41H50O3Si/c1-33(23-24-35-17-11-8-12-18-35)31-34(2)41(6,43-32-36-25-27-37(42-7)28-26-36)29-30-44-45(40(3,4)5,38-19-13-9-14-20-38)39-21-15-10-16-22-39/h8-22,25-28,31H,1,23-24,29-30,32H2,2-7H3/b34-31+/t41-/m1/s1. The van der Waals surface area contributed by atoms with E-state index in [0.29, 0.717) is 19.6 Å². The lowest BCUT2D eigenvalue weighted by Crippen LogP contribution is -2.66. The van der Waals surface area contributed by atoms with Crippen LogP contribution in [0.1, 0.15) is 58.6 Å². The number of ether oxygens (including phenoxy) is 2. The highest BCUT2D eigenvalue weighted by atomic mass is 28.4. The van der Waals surface area contributed by atoms with Gasteiger partial charge >= 0.3 is 0 Å². The SMILES string of the molecule is C=C(/C=C(\C)[C@@](C)(CCO[Si](c1ccccc1)(c1ccccc1)C(C)(C)C)OCc1ccc(OC)cc1)CCc1ccccc1. The molecule has 0 spiro atoms. The van der Waals surface area contributed by atoms with Crippen LogP contribution in [0.15, 0.2) is 139 Å². The quantitative estimate of drug-likeness (QED) is 0.0983. The van der Waals surface area contributed by atoms with E-state index in [0.717, 1.165) is 35.3 Å². The van der Waals surface area contributed by atoms with Crippen LogP contribution < -0.4 is 15.1 Å². The van der Waals surface area contributed by atoms with Gasteiger partial charge in [-0.1, -0.05) is 142 Å². The maximum atomic E-state index is 7.30. The van der Waals surface area contributed by atoms with Gasteiger partial charge in [0.2, 0.25) is 0 Å². The summed E-state index contributed by atoms with van der Waals surface area (Å²) >= 11 is 0. The number of benzene rings is 4. The maximum absolute atomic E-state index is 7.30. The van der Waals surface area contributed by atoms with Crippen molar-refractivity contribution in [3.05, 3.63) is 150 Å². The molecule has 3 nitrogen and oxygen atoms in total. The molecule has 0 aliphatic carbocycles. The fourth-order valence-electron chi connectivity index (χ4n) is 5.99. The van der Waals surface area contributed by atoms with Crippen molar-refractivity contribution in [2.24, 2.45) is 0 Å². The second kappa shape index (κ2) is 15.5. The van der Waals surface area contributed by atoms with Gasteiger partial charge in [-0.3, -0.25) is 0 Å². The Morgan fingerprint density at radius 2 is 1.27 bits per heavy atom. The third kappa shape index (κ3) is 8.73. The summed E-state index contributed by atoms with van der Waals surface area (Å²) in [5.74, 6) is 0.839. The second-order valence-corrected chi connectivity index (χ2v) is 17.4. The average molecular weight is 619 g/mol. The molecule has 0 radical (unpaired) electrons. The van der Waals surface area contributed by atoms with E-state index in [2.05, 4.69) is 150 Å². The highest BCUT2D eigenvalue weighted by Crippen LogP contribution is 2.38. The zero-order valence-corrected chi connectivity index (χ0v) is 29.0. The first-order valence-electron chi connectivity index (χ1n) is 16.0. The Kier molecular flexibility index (Phi) is 11.8. The molecule has 4 rings (SSSR count). The Morgan fingerprint density at radius 1 is 0.733 bits per heavy atom. The summed E-state index contributed by atoms with van der Waals surface area (Å²) in [6.45, 7) is 16.8. The van der Waals surface area contributed by atoms with Gasteiger partial charge < -0.3 is 13.9 Å². The summed E-state index contributed by atoms with van der Waals surface area (Å²) < 4.78 is 19.5. The van der Waals surface area contributed by atoms with E-state index in [9.17, 15) is 0 Å². The molecule has 0 bridgehead atoms. The summed E-state index contributed by atoms with van der Waals surface area (Å²) in [6, 6.07) is 40.3. The Hall–Kier alpha value is -3.70. The molecule has 0 saturated carbocycles. The molecule has 0 fully saturated rings. The van der Waals surface area contributed by atoms with Gasteiger partial charge in [0.25, 0.3) is 8.32 Å². The summed E-state index contributed by atoms with van der Waals surface area (Å²) in [4.78, 5) is 0. The molecule has 0 heterocycles. The van der Waals surface area contributed by atoms with Gasteiger partial charge in [0.05, 0.1) is 19.3 Å². The second-order valence-electron chi connectivity index (χ2n) is 13.1. The number of allylic oxidation sites excluding steroid dienone is 2. The van der Waals surface area contributed by atoms with Gasteiger partial charge in [0.15, 0.2) is 0 Å². The fraction of sp³-hybridized carbons (Fsp3) is 0.317. The van der Waals surface area contributed by atoms with E-state index in [4.69, 9.17) is 13.9 Å². The van der Waals surface area contributed by atoms with Gasteiger partial charge in [-0.2, -0.15) is 0 Å². The van der Waals surface area contributed by atoms with Gasteiger partial charge in [-0.15, -0.1) is 0 Å². The predicted molar refractivity (Wildman–Crippen MR) is 192 cm³/mol. The van der Waals surface area contributed by atoms with Crippen LogP contribution >= 0.6 is 0 Å². The van der Waals surface area contributed by atoms with Gasteiger partial charge in [0, 0.05) is 13.0 Å². The molecule has 0 N–H and O–H groups in total. The van der Waals surface area contributed by atoms with Crippen molar-refractivity contribution >= 4 is 18.7 Å². The minimum absolute atomic E-state index is 0.0906. The van der Waals surface area contributed by atoms with E-state index >= 15 is 0 Å². The summed E-state index contributed by atoms with van der Waals surface area (Å²) in [5, 5.41) is 2.48. The summed E-state index contributed by atoms with van der Waals surface area (Å²) in [7, 11) is -0.982. The Labute approximate surface area is 272 Å². The molecule has 1 atom stereocenters. The van der Waals surface area contributed by atoms with Crippen LogP contribution in [0.5, 0.6) is 5.75 Å². The number of methoxy groups -OCH3 is 1. The lowest BCUT2D eigenvalue weighted by atomic mass is 9.91. The molecule has 0 aromatic heterocycles. The van der Waals surface area contributed by atoms with Crippen LogP contribution in [-0.4, -0.2) is 27.6 Å². The van der Waals surface area contributed by atoms with Gasteiger partial charge in [0.1, 0.15) is 5.75 Å². The van der Waals surface area contributed by atoms with Crippen LogP contribution in [0.25, 0.3) is 0 Å². The normalized spacial score (nSPS) is 13.7. The fourth-order valence-corrected chi connectivity index (χ4v) is 10.6. The van der Waals surface area contributed by atoms with E-state index in [1.165, 1.54) is 15.9 Å². The molecule has 45 heavy (non-hydrogen) atoms. The third-order valence-corrected chi connectivity index (χ3v) is 13.9. The summed E-state index contributed by atoms with van der Waals surface area (Å²) in [6.07, 6.45) is 4.79. The largest absolute Gasteiger partial charge is 0.497 e. The number of aryl methyl sites for hydroxylation is 1. The van der Waals surface area contributed by atoms with E-state index in [-0.39, 0.29) is 5.04 Å². The van der Waals surface area contributed by atoms with Crippen molar-refractivity contribution in [2.45, 2.75) is 71.1 Å². The van der Waals surface area contributed by atoms with Crippen molar-refractivity contribution in [2.75, 3.05) is 13.7 Å². The van der Waals surface area contributed by atoms with Crippen LogP contribution in [0.3, 0.4) is 0 Å². The zero-order chi connectivity index (χ0) is 32.3. The van der Waals surface area contributed by atoms with Gasteiger partial charge in [-0.25, -0.2) is 0 Å². The molecule has 236 valence electrons. The van der Waals surface area contributed by atoms with Crippen molar-refractivity contribution in [3.8, 4) is 5.75 Å². The smallest absolute Gasteiger partial charge is 0.261 e. The number of hydrogen-bond donors (Lipinski definition) is 0. The van der Waals surface area contributed by atoms with Crippen LogP contribution in [0, 0.1) is 0 Å². The molecule has 0 aliphatic rings. The third-order valence-electron chi connectivity index (χ3n) is 8.86.